The first-order valence-corrected chi connectivity index (χ1v) is 6.90. The van der Waals surface area contributed by atoms with Crippen molar-refractivity contribution in [1.29, 1.82) is 0 Å². The van der Waals surface area contributed by atoms with Crippen molar-refractivity contribution in [3.63, 3.8) is 0 Å². The summed E-state index contributed by atoms with van der Waals surface area (Å²) in [5.41, 5.74) is 2.52. The maximum Gasteiger partial charge on any atom is 0.0917 e. The third-order valence-corrected chi connectivity index (χ3v) is 3.93. The summed E-state index contributed by atoms with van der Waals surface area (Å²) < 4.78 is 5.82. The third kappa shape index (κ3) is 3.01. The molecule has 1 aliphatic rings. The van der Waals surface area contributed by atoms with E-state index in [1.165, 1.54) is 0 Å². The minimum atomic E-state index is -0.459. The SMILES string of the molecule is CCc1nccnc1/C=C1\COC(C)(CC)C(O)C1. The molecule has 2 rings (SSSR count). The molecule has 0 radical (unpaired) electrons. The first-order chi connectivity index (χ1) is 9.09. The fourth-order valence-electron chi connectivity index (χ4n) is 2.28. The summed E-state index contributed by atoms with van der Waals surface area (Å²) in [5.74, 6) is 0. The van der Waals surface area contributed by atoms with Crippen LogP contribution in [0.15, 0.2) is 18.0 Å². The Labute approximate surface area is 114 Å². The van der Waals surface area contributed by atoms with Gasteiger partial charge in [0.15, 0.2) is 0 Å². The molecule has 1 fully saturated rings. The lowest BCUT2D eigenvalue weighted by molar-refractivity contribution is -0.126. The second-order valence-corrected chi connectivity index (χ2v) is 5.22. The maximum atomic E-state index is 10.2. The van der Waals surface area contributed by atoms with Crippen LogP contribution in [0, 0.1) is 0 Å². The van der Waals surface area contributed by atoms with Gasteiger partial charge in [-0.1, -0.05) is 13.8 Å². The number of hydrogen-bond acceptors (Lipinski definition) is 4. The molecule has 0 aromatic carbocycles. The normalized spacial score (nSPS) is 29.7. The molecule has 1 saturated heterocycles. The van der Waals surface area contributed by atoms with E-state index in [9.17, 15) is 5.11 Å². The molecule has 2 heterocycles. The van der Waals surface area contributed by atoms with Gasteiger partial charge >= 0.3 is 0 Å². The van der Waals surface area contributed by atoms with E-state index in [4.69, 9.17) is 4.74 Å². The van der Waals surface area contributed by atoms with E-state index < -0.39 is 11.7 Å². The molecule has 1 N–H and O–H groups in total. The van der Waals surface area contributed by atoms with Crippen LogP contribution in [0.3, 0.4) is 0 Å². The van der Waals surface area contributed by atoms with Crippen LogP contribution in [-0.4, -0.2) is 33.4 Å². The Morgan fingerprint density at radius 2 is 2.16 bits per heavy atom. The third-order valence-electron chi connectivity index (χ3n) is 3.93. The van der Waals surface area contributed by atoms with Crippen LogP contribution in [0.1, 0.15) is 45.0 Å². The second-order valence-electron chi connectivity index (χ2n) is 5.22. The van der Waals surface area contributed by atoms with Crippen molar-refractivity contribution in [3.05, 3.63) is 29.4 Å². The molecule has 0 amide bonds. The van der Waals surface area contributed by atoms with Gasteiger partial charge in [-0.15, -0.1) is 0 Å². The standard InChI is InChI=1S/C15H22N2O2/c1-4-12-13(17-7-6-16-12)8-11-9-14(18)15(3,5-2)19-10-11/h6-8,14,18H,4-5,9-10H2,1-3H3/b11-8-. The number of rotatable bonds is 3. The number of aliphatic hydroxyl groups is 1. The minimum Gasteiger partial charge on any atom is -0.390 e. The fraction of sp³-hybridized carbons (Fsp3) is 0.600. The molecule has 19 heavy (non-hydrogen) atoms. The Kier molecular flexibility index (Phi) is 4.32. The first kappa shape index (κ1) is 14.2. The van der Waals surface area contributed by atoms with E-state index in [0.29, 0.717) is 13.0 Å². The van der Waals surface area contributed by atoms with Gasteiger partial charge in [-0.2, -0.15) is 0 Å². The van der Waals surface area contributed by atoms with Gasteiger partial charge in [-0.3, -0.25) is 9.97 Å². The molecule has 0 bridgehead atoms. The molecule has 2 atom stereocenters. The van der Waals surface area contributed by atoms with E-state index >= 15 is 0 Å². The van der Waals surface area contributed by atoms with Gasteiger partial charge in [0.25, 0.3) is 0 Å². The molecule has 1 aromatic heterocycles. The van der Waals surface area contributed by atoms with Crippen molar-refractivity contribution in [3.8, 4) is 0 Å². The zero-order valence-corrected chi connectivity index (χ0v) is 11.9. The highest BCUT2D eigenvalue weighted by Crippen LogP contribution is 2.31. The van der Waals surface area contributed by atoms with Crippen LogP contribution in [0.2, 0.25) is 0 Å². The molecule has 0 aliphatic carbocycles. The largest absolute Gasteiger partial charge is 0.390 e. The van der Waals surface area contributed by atoms with E-state index in [-0.39, 0.29) is 0 Å². The smallest absolute Gasteiger partial charge is 0.0917 e. The average Bonchev–Trinajstić information content (AvgIpc) is 2.44. The highest BCUT2D eigenvalue weighted by molar-refractivity contribution is 5.51. The molecule has 0 spiro atoms. The lowest BCUT2D eigenvalue weighted by atomic mass is 9.87. The van der Waals surface area contributed by atoms with Crippen molar-refractivity contribution >= 4 is 6.08 Å². The van der Waals surface area contributed by atoms with Gasteiger partial charge in [0.05, 0.1) is 29.7 Å². The van der Waals surface area contributed by atoms with Crippen LogP contribution in [0.25, 0.3) is 6.08 Å². The van der Waals surface area contributed by atoms with Crippen molar-refractivity contribution in [2.45, 2.75) is 51.7 Å². The number of ether oxygens (including phenoxy) is 1. The fourth-order valence-corrected chi connectivity index (χ4v) is 2.28. The van der Waals surface area contributed by atoms with Crippen LogP contribution in [0.5, 0.6) is 0 Å². The Morgan fingerprint density at radius 3 is 2.79 bits per heavy atom. The molecule has 0 saturated carbocycles. The van der Waals surface area contributed by atoms with Gasteiger partial charge in [0, 0.05) is 12.4 Å². The van der Waals surface area contributed by atoms with Crippen LogP contribution in [0.4, 0.5) is 0 Å². The topological polar surface area (TPSA) is 55.2 Å². The highest BCUT2D eigenvalue weighted by Gasteiger charge is 2.36. The lowest BCUT2D eigenvalue weighted by Crippen LogP contribution is -2.45. The van der Waals surface area contributed by atoms with Crippen molar-refractivity contribution in [1.82, 2.24) is 9.97 Å². The zero-order valence-electron chi connectivity index (χ0n) is 11.9. The van der Waals surface area contributed by atoms with Crippen molar-refractivity contribution in [2.75, 3.05) is 6.61 Å². The molecule has 1 aliphatic heterocycles. The van der Waals surface area contributed by atoms with Crippen LogP contribution >= 0.6 is 0 Å². The molecule has 2 unspecified atom stereocenters. The summed E-state index contributed by atoms with van der Waals surface area (Å²) in [6, 6.07) is 0. The van der Waals surface area contributed by atoms with E-state index in [2.05, 4.69) is 16.9 Å². The number of nitrogens with zero attached hydrogens (tertiary/aromatic N) is 2. The minimum absolute atomic E-state index is 0.423. The Hall–Kier alpha value is -1.26. The van der Waals surface area contributed by atoms with Gasteiger partial charge in [0.2, 0.25) is 0 Å². The predicted molar refractivity (Wildman–Crippen MR) is 74.7 cm³/mol. The summed E-state index contributed by atoms with van der Waals surface area (Å²) in [6.45, 7) is 6.62. The zero-order chi connectivity index (χ0) is 13.9. The Morgan fingerprint density at radius 1 is 1.42 bits per heavy atom. The molecular formula is C15H22N2O2. The highest BCUT2D eigenvalue weighted by atomic mass is 16.5. The summed E-state index contributed by atoms with van der Waals surface area (Å²) in [6.07, 6.45) is 7.26. The average molecular weight is 262 g/mol. The molecule has 4 nitrogen and oxygen atoms in total. The van der Waals surface area contributed by atoms with Crippen molar-refractivity contribution < 1.29 is 9.84 Å². The second kappa shape index (κ2) is 5.80. The van der Waals surface area contributed by atoms with Gasteiger partial charge in [-0.05, 0) is 37.8 Å². The van der Waals surface area contributed by atoms with E-state index in [1.54, 1.807) is 12.4 Å². The molecule has 1 aromatic rings. The molecule has 104 valence electrons. The number of aryl methyl sites for hydroxylation is 1. The summed E-state index contributed by atoms with van der Waals surface area (Å²) >= 11 is 0. The van der Waals surface area contributed by atoms with Gasteiger partial charge in [0.1, 0.15) is 0 Å². The predicted octanol–water partition coefficient (Wildman–Crippen LogP) is 2.37. The van der Waals surface area contributed by atoms with Gasteiger partial charge < -0.3 is 9.84 Å². The summed E-state index contributed by atoms with van der Waals surface area (Å²) in [7, 11) is 0. The summed E-state index contributed by atoms with van der Waals surface area (Å²) in [4.78, 5) is 8.67. The lowest BCUT2D eigenvalue weighted by Gasteiger charge is -2.38. The van der Waals surface area contributed by atoms with Crippen LogP contribution in [-0.2, 0) is 11.2 Å². The van der Waals surface area contributed by atoms with Crippen LogP contribution < -0.4 is 0 Å². The molecular weight excluding hydrogens is 240 g/mol. The monoisotopic (exact) mass is 262 g/mol. The van der Waals surface area contributed by atoms with Gasteiger partial charge in [-0.25, -0.2) is 0 Å². The summed E-state index contributed by atoms with van der Waals surface area (Å²) in [5, 5.41) is 10.2. The number of aromatic nitrogens is 2. The number of hydrogen-bond donors (Lipinski definition) is 1. The number of aliphatic hydroxyl groups excluding tert-OH is 1. The molecule has 4 heteroatoms. The van der Waals surface area contributed by atoms with E-state index in [0.717, 1.165) is 29.8 Å². The Balaban J connectivity index is 2.18. The maximum absolute atomic E-state index is 10.2. The quantitative estimate of drug-likeness (QED) is 0.908. The van der Waals surface area contributed by atoms with E-state index in [1.807, 2.05) is 19.9 Å². The van der Waals surface area contributed by atoms with Crippen molar-refractivity contribution in [2.24, 2.45) is 0 Å². The first-order valence-electron chi connectivity index (χ1n) is 6.90. The Bertz CT molecular complexity index is 473.